The second kappa shape index (κ2) is 12.9. The van der Waals surface area contributed by atoms with Crippen LogP contribution in [0.3, 0.4) is 0 Å². The molecule has 0 fully saturated rings. The number of rotatable bonds is 11. The fraction of sp³-hybridized carbons (Fsp3) is 0.318. The van der Waals surface area contributed by atoms with Crippen LogP contribution in [0.5, 0.6) is 11.5 Å². The number of ether oxygens (including phenoxy) is 4. The second-order valence-corrected chi connectivity index (χ2v) is 7.49. The van der Waals surface area contributed by atoms with Crippen LogP contribution in [0.4, 0.5) is 18.9 Å². The molecule has 1 atom stereocenters. The molecule has 11 nitrogen and oxygen atoms in total. The van der Waals surface area contributed by atoms with Crippen molar-refractivity contribution in [3.63, 3.8) is 0 Å². The fourth-order valence-corrected chi connectivity index (χ4v) is 2.97. The van der Waals surface area contributed by atoms with Gasteiger partial charge in [0.2, 0.25) is 6.61 Å². The molecule has 0 N–H and O–H groups in total. The maximum Gasteiger partial charge on any atom is 0.416 e. The summed E-state index contributed by atoms with van der Waals surface area (Å²) in [5.41, 5.74) is -1.69. The molecular formula is C22H20ClF3N2O9. The van der Waals surface area contributed by atoms with Gasteiger partial charge in [0.05, 0.1) is 34.8 Å². The number of esters is 2. The van der Waals surface area contributed by atoms with Gasteiger partial charge in [0.25, 0.3) is 5.69 Å². The van der Waals surface area contributed by atoms with Crippen LogP contribution in [0.2, 0.25) is 5.02 Å². The number of alkyl halides is 3. The number of benzene rings is 2. The summed E-state index contributed by atoms with van der Waals surface area (Å²) in [5.74, 6) is -1.93. The molecule has 2 aromatic carbocycles. The van der Waals surface area contributed by atoms with Crippen molar-refractivity contribution in [1.82, 2.24) is 0 Å². The molecule has 0 saturated heterocycles. The molecule has 0 aliphatic rings. The van der Waals surface area contributed by atoms with Crippen LogP contribution in [-0.2, 0) is 34.8 Å². The van der Waals surface area contributed by atoms with E-state index in [4.69, 9.17) is 30.6 Å². The van der Waals surface area contributed by atoms with Gasteiger partial charge in [-0.1, -0.05) is 16.8 Å². The highest BCUT2D eigenvalue weighted by atomic mass is 35.5. The van der Waals surface area contributed by atoms with Gasteiger partial charge in [-0.15, -0.1) is 0 Å². The van der Waals surface area contributed by atoms with Crippen LogP contribution in [0.25, 0.3) is 0 Å². The Morgan fingerprint density at radius 3 is 2.41 bits per heavy atom. The molecule has 0 aromatic heterocycles. The van der Waals surface area contributed by atoms with E-state index in [9.17, 15) is 32.9 Å². The maximum atomic E-state index is 12.9. The first kappa shape index (κ1) is 29.3. The van der Waals surface area contributed by atoms with Crippen LogP contribution in [-0.4, -0.2) is 56.1 Å². The molecule has 0 radical (unpaired) electrons. The van der Waals surface area contributed by atoms with Crippen molar-refractivity contribution in [2.45, 2.75) is 19.2 Å². The van der Waals surface area contributed by atoms with Crippen LogP contribution < -0.4 is 4.74 Å². The number of hydrogen-bond donors (Lipinski definition) is 0. The van der Waals surface area contributed by atoms with E-state index in [0.29, 0.717) is 6.07 Å². The maximum absolute atomic E-state index is 12.9. The van der Waals surface area contributed by atoms with Crippen molar-refractivity contribution >= 4 is 34.9 Å². The van der Waals surface area contributed by atoms with Gasteiger partial charge in [-0.3, -0.25) is 10.1 Å². The molecule has 1 unspecified atom stereocenters. The van der Waals surface area contributed by atoms with Gasteiger partial charge in [-0.25, -0.2) is 9.59 Å². The predicted octanol–water partition coefficient (Wildman–Crippen LogP) is 4.53. The first-order chi connectivity index (χ1) is 17.4. The Morgan fingerprint density at radius 1 is 1.14 bits per heavy atom. The fourth-order valence-electron chi connectivity index (χ4n) is 2.75. The molecule has 0 saturated carbocycles. The minimum atomic E-state index is -4.61. The summed E-state index contributed by atoms with van der Waals surface area (Å²) in [4.78, 5) is 38.9. The number of oxime groups is 1. The zero-order chi connectivity index (χ0) is 27.8. The molecule has 0 bridgehead atoms. The molecular weight excluding hydrogens is 529 g/mol. The van der Waals surface area contributed by atoms with Gasteiger partial charge in [-0.05, 0) is 37.3 Å². The third-order valence-electron chi connectivity index (χ3n) is 4.44. The lowest BCUT2D eigenvalue weighted by molar-refractivity contribution is -0.385. The van der Waals surface area contributed by atoms with Gasteiger partial charge < -0.3 is 23.8 Å². The van der Waals surface area contributed by atoms with Gasteiger partial charge in [0.15, 0.2) is 6.10 Å². The summed E-state index contributed by atoms with van der Waals surface area (Å²) < 4.78 is 58.4. The monoisotopic (exact) mass is 548 g/mol. The Morgan fingerprint density at radius 2 is 1.84 bits per heavy atom. The SMILES string of the molecule is COCC(=NOCC(=O)OC(C)C(=O)OC)c1cc(Oc2ccc(C(F)(F)F)cc2Cl)ccc1[N+](=O)[O-]. The molecule has 200 valence electrons. The van der Waals surface area contributed by atoms with Crippen molar-refractivity contribution in [2.24, 2.45) is 5.16 Å². The van der Waals surface area contributed by atoms with E-state index in [1.165, 1.54) is 26.2 Å². The van der Waals surface area contributed by atoms with Crippen LogP contribution in [0.15, 0.2) is 41.6 Å². The van der Waals surface area contributed by atoms with E-state index in [2.05, 4.69) is 9.89 Å². The average Bonchev–Trinajstić information content (AvgIpc) is 2.83. The quantitative estimate of drug-likeness (QED) is 0.172. The van der Waals surface area contributed by atoms with Crippen molar-refractivity contribution in [1.29, 1.82) is 0 Å². The Balaban J connectivity index is 2.30. The van der Waals surface area contributed by atoms with E-state index in [1.54, 1.807) is 0 Å². The summed E-state index contributed by atoms with van der Waals surface area (Å²) in [6.07, 6.45) is -5.81. The van der Waals surface area contributed by atoms with E-state index in [-0.39, 0.29) is 34.4 Å². The standard InChI is InChI=1S/C22H20ClF3N2O9/c1-12(21(30)34-3)36-20(29)11-35-27-17(10-33-2)15-9-14(5-6-18(15)28(31)32)37-19-7-4-13(8-16(19)23)22(24,25)26/h4-9,12H,10-11H2,1-3H3. The first-order valence-corrected chi connectivity index (χ1v) is 10.5. The lowest BCUT2D eigenvalue weighted by Gasteiger charge is -2.13. The highest BCUT2D eigenvalue weighted by Crippen LogP contribution is 2.37. The van der Waals surface area contributed by atoms with Gasteiger partial charge >= 0.3 is 18.1 Å². The number of nitrogens with zero attached hydrogens (tertiary/aromatic N) is 2. The van der Waals surface area contributed by atoms with Crippen LogP contribution in [0, 0.1) is 10.1 Å². The normalized spacial score (nSPS) is 12.5. The lowest BCUT2D eigenvalue weighted by Crippen LogP contribution is -2.27. The Hall–Kier alpha value is -3.91. The molecule has 0 heterocycles. The van der Waals surface area contributed by atoms with Crippen molar-refractivity contribution in [3.05, 3.63) is 62.7 Å². The van der Waals surface area contributed by atoms with E-state index in [1.807, 2.05) is 0 Å². The number of hydrogen-bond acceptors (Lipinski definition) is 10. The van der Waals surface area contributed by atoms with Gasteiger partial charge in [0.1, 0.15) is 17.2 Å². The minimum absolute atomic E-state index is 0.0302. The molecule has 37 heavy (non-hydrogen) atoms. The highest BCUT2D eigenvalue weighted by Gasteiger charge is 2.31. The number of methoxy groups -OCH3 is 2. The summed E-state index contributed by atoms with van der Waals surface area (Å²) in [5, 5.41) is 14.9. The molecule has 2 aromatic rings. The number of carbonyl (C=O) groups excluding carboxylic acids is 2. The zero-order valence-corrected chi connectivity index (χ0v) is 20.3. The van der Waals surface area contributed by atoms with Crippen molar-refractivity contribution < 1.29 is 51.5 Å². The van der Waals surface area contributed by atoms with E-state index >= 15 is 0 Å². The average molecular weight is 549 g/mol. The third-order valence-corrected chi connectivity index (χ3v) is 4.74. The van der Waals surface area contributed by atoms with E-state index < -0.39 is 47.0 Å². The molecule has 2 rings (SSSR count). The van der Waals surface area contributed by atoms with E-state index in [0.717, 1.165) is 25.3 Å². The largest absolute Gasteiger partial charge is 0.466 e. The highest BCUT2D eigenvalue weighted by molar-refractivity contribution is 6.32. The summed E-state index contributed by atoms with van der Waals surface area (Å²) in [6, 6.07) is 5.88. The number of nitro benzene ring substituents is 1. The first-order valence-electron chi connectivity index (χ1n) is 10.2. The summed E-state index contributed by atoms with van der Waals surface area (Å²) in [6.45, 7) is 0.222. The molecule has 0 amide bonds. The lowest BCUT2D eigenvalue weighted by atomic mass is 10.1. The summed E-state index contributed by atoms with van der Waals surface area (Å²) >= 11 is 5.91. The number of halogens is 4. The minimum Gasteiger partial charge on any atom is -0.466 e. The van der Waals surface area contributed by atoms with Crippen molar-refractivity contribution in [3.8, 4) is 11.5 Å². The van der Waals surface area contributed by atoms with Crippen LogP contribution >= 0.6 is 11.6 Å². The molecule has 0 spiro atoms. The molecule has 15 heteroatoms. The molecule has 0 aliphatic heterocycles. The second-order valence-electron chi connectivity index (χ2n) is 7.08. The Kier molecular flexibility index (Phi) is 10.2. The van der Waals surface area contributed by atoms with Gasteiger partial charge in [-0.2, -0.15) is 13.2 Å². The number of carbonyl (C=O) groups is 2. The summed E-state index contributed by atoms with van der Waals surface area (Å²) in [7, 11) is 2.39. The van der Waals surface area contributed by atoms with Crippen LogP contribution in [0.1, 0.15) is 18.1 Å². The Bertz CT molecular complexity index is 1190. The third kappa shape index (κ3) is 8.32. The number of nitro groups is 1. The topological polar surface area (TPSA) is 136 Å². The van der Waals surface area contributed by atoms with Gasteiger partial charge in [0, 0.05) is 13.2 Å². The van der Waals surface area contributed by atoms with Crippen molar-refractivity contribution in [2.75, 3.05) is 27.4 Å². The Labute approximate surface area is 212 Å². The zero-order valence-electron chi connectivity index (χ0n) is 19.5. The predicted molar refractivity (Wildman–Crippen MR) is 122 cm³/mol. The smallest absolute Gasteiger partial charge is 0.416 e. The molecule has 0 aliphatic carbocycles.